The molecule has 0 aliphatic carbocycles. The van der Waals surface area contributed by atoms with Crippen LogP contribution in [0.3, 0.4) is 0 Å². The van der Waals surface area contributed by atoms with E-state index in [0.29, 0.717) is 18.1 Å². The Labute approximate surface area is 174 Å². The number of benzene rings is 3. The molecular formula is C24H20N4O2. The van der Waals surface area contributed by atoms with Gasteiger partial charge in [0.15, 0.2) is 0 Å². The monoisotopic (exact) mass is 396 g/mol. The molecule has 0 fully saturated rings. The van der Waals surface area contributed by atoms with Gasteiger partial charge in [-0.15, -0.1) is 0 Å². The van der Waals surface area contributed by atoms with Gasteiger partial charge in [-0.3, -0.25) is 4.79 Å². The Morgan fingerprint density at radius 2 is 1.50 bits per heavy atom. The van der Waals surface area contributed by atoms with Crippen LogP contribution in [0.15, 0.2) is 97.3 Å². The van der Waals surface area contributed by atoms with Gasteiger partial charge in [-0.25, -0.2) is 9.97 Å². The number of carbonyl (C=O) groups excluding carboxylic acids is 1. The Morgan fingerprint density at radius 1 is 0.800 bits per heavy atom. The molecule has 0 unspecified atom stereocenters. The van der Waals surface area contributed by atoms with Crippen molar-refractivity contribution >= 4 is 23.1 Å². The number of para-hydroxylation sites is 1. The first-order valence-electron chi connectivity index (χ1n) is 9.48. The lowest BCUT2D eigenvalue weighted by Gasteiger charge is -2.09. The fourth-order valence-electron chi connectivity index (χ4n) is 2.79. The highest BCUT2D eigenvalue weighted by Gasteiger charge is 2.09. The summed E-state index contributed by atoms with van der Waals surface area (Å²) in [6, 6.07) is 28.4. The molecule has 1 heterocycles. The van der Waals surface area contributed by atoms with Crippen molar-refractivity contribution in [2.75, 3.05) is 10.6 Å². The molecule has 0 saturated carbocycles. The molecule has 1 amide bonds. The van der Waals surface area contributed by atoms with Crippen LogP contribution in [0, 0.1) is 0 Å². The highest BCUT2D eigenvalue weighted by Crippen LogP contribution is 2.20. The average Bonchev–Trinajstić information content (AvgIpc) is 2.80. The summed E-state index contributed by atoms with van der Waals surface area (Å²) < 4.78 is 5.80. The summed E-state index contributed by atoms with van der Waals surface area (Å²) in [4.78, 5) is 20.7. The van der Waals surface area contributed by atoms with E-state index in [4.69, 9.17) is 4.74 Å². The third-order valence-corrected chi connectivity index (χ3v) is 4.31. The third kappa shape index (κ3) is 5.20. The molecular weight excluding hydrogens is 376 g/mol. The first-order chi connectivity index (χ1) is 14.8. The molecule has 30 heavy (non-hydrogen) atoms. The van der Waals surface area contributed by atoms with Crippen LogP contribution in [0.4, 0.5) is 17.2 Å². The lowest BCUT2D eigenvalue weighted by atomic mass is 10.2. The molecule has 2 N–H and O–H groups in total. The van der Waals surface area contributed by atoms with Crippen LogP contribution in [0.2, 0.25) is 0 Å². The number of ether oxygens (including phenoxy) is 1. The van der Waals surface area contributed by atoms with Crippen LogP contribution in [0.25, 0.3) is 0 Å². The molecule has 4 aromatic rings. The number of aromatic nitrogens is 2. The Bertz CT molecular complexity index is 1100. The number of hydrogen-bond donors (Lipinski definition) is 2. The van der Waals surface area contributed by atoms with E-state index in [1.54, 1.807) is 6.07 Å². The van der Waals surface area contributed by atoms with Crippen molar-refractivity contribution in [3.05, 3.63) is 109 Å². The van der Waals surface area contributed by atoms with Gasteiger partial charge in [-0.2, -0.15) is 0 Å². The molecule has 0 spiro atoms. The van der Waals surface area contributed by atoms with E-state index in [1.807, 2.05) is 84.9 Å². The van der Waals surface area contributed by atoms with Gasteiger partial charge in [-0.05, 0) is 42.0 Å². The van der Waals surface area contributed by atoms with Gasteiger partial charge in [0.25, 0.3) is 5.91 Å². The second-order valence-electron chi connectivity index (χ2n) is 6.53. The van der Waals surface area contributed by atoms with E-state index in [0.717, 1.165) is 17.0 Å². The average molecular weight is 396 g/mol. The van der Waals surface area contributed by atoms with Crippen LogP contribution in [0.5, 0.6) is 5.75 Å². The van der Waals surface area contributed by atoms with Crippen molar-refractivity contribution in [3.8, 4) is 5.75 Å². The molecule has 0 atom stereocenters. The Hall–Kier alpha value is -4.19. The van der Waals surface area contributed by atoms with Crippen molar-refractivity contribution in [1.82, 2.24) is 9.97 Å². The molecule has 3 aromatic carbocycles. The minimum atomic E-state index is -0.295. The van der Waals surface area contributed by atoms with Gasteiger partial charge in [0.1, 0.15) is 30.2 Å². The van der Waals surface area contributed by atoms with Crippen LogP contribution in [0.1, 0.15) is 16.1 Å². The summed E-state index contributed by atoms with van der Waals surface area (Å²) in [7, 11) is 0. The fourth-order valence-corrected chi connectivity index (χ4v) is 2.79. The molecule has 0 bridgehead atoms. The van der Waals surface area contributed by atoms with E-state index in [2.05, 4.69) is 20.6 Å². The molecule has 0 saturated heterocycles. The summed E-state index contributed by atoms with van der Waals surface area (Å²) in [6.45, 7) is 0.513. The highest BCUT2D eigenvalue weighted by atomic mass is 16.5. The lowest BCUT2D eigenvalue weighted by Crippen LogP contribution is -2.14. The van der Waals surface area contributed by atoms with E-state index in [1.165, 1.54) is 6.33 Å². The van der Waals surface area contributed by atoms with Gasteiger partial charge in [0.2, 0.25) is 0 Å². The molecule has 6 nitrogen and oxygen atoms in total. The standard InChI is InChI=1S/C24H20N4O2/c29-24(28-19-9-5-2-6-10-19)22-15-23(26-17-25-22)27-20-11-13-21(14-12-20)30-16-18-7-3-1-4-8-18/h1-15,17H,16H2,(H,28,29)(H,25,26,27). The molecule has 0 aliphatic heterocycles. The van der Waals surface area contributed by atoms with Crippen molar-refractivity contribution in [1.29, 1.82) is 0 Å². The van der Waals surface area contributed by atoms with Crippen molar-refractivity contribution < 1.29 is 9.53 Å². The second-order valence-corrected chi connectivity index (χ2v) is 6.53. The number of rotatable bonds is 7. The maximum Gasteiger partial charge on any atom is 0.274 e. The number of hydrogen-bond acceptors (Lipinski definition) is 5. The van der Waals surface area contributed by atoms with Crippen LogP contribution < -0.4 is 15.4 Å². The summed E-state index contributed by atoms with van der Waals surface area (Å²) >= 11 is 0. The van der Waals surface area contributed by atoms with E-state index < -0.39 is 0 Å². The van der Waals surface area contributed by atoms with Crippen molar-refractivity contribution in [3.63, 3.8) is 0 Å². The summed E-state index contributed by atoms with van der Waals surface area (Å²) in [5.41, 5.74) is 2.93. The summed E-state index contributed by atoms with van der Waals surface area (Å²) in [5, 5.41) is 5.99. The van der Waals surface area contributed by atoms with E-state index in [9.17, 15) is 4.79 Å². The normalized spacial score (nSPS) is 10.3. The first-order valence-corrected chi connectivity index (χ1v) is 9.48. The maximum absolute atomic E-state index is 12.4. The topological polar surface area (TPSA) is 76.1 Å². The van der Waals surface area contributed by atoms with Gasteiger partial charge in [0, 0.05) is 17.4 Å². The smallest absolute Gasteiger partial charge is 0.274 e. The third-order valence-electron chi connectivity index (χ3n) is 4.31. The molecule has 1 aromatic heterocycles. The van der Waals surface area contributed by atoms with Gasteiger partial charge < -0.3 is 15.4 Å². The first kappa shape index (κ1) is 19.1. The van der Waals surface area contributed by atoms with Gasteiger partial charge in [-0.1, -0.05) is 48.5 Å². The number of anilines is 3. The minimum absolute atomic E-state index is 0.277. The zero-order valence-electron chi connectivity index (χ0n) is 16.2. The van der Waals surface area contributed by atoms with Gasteiger partial charge in [0.05, 0.1) is 0 Å². The quantitative estimate of drug-likeness (QED) is 0.457. The predicted molar refractivity (Wildman–Crippen MR) is 117 cm³/mol. The number of amides is 1. The predicted octanol–water partition coefficient (Wildman–Crippen LogP) is 5.05. The van der Waals surface area contributed by atoms with Crippen molar-refractivity contribution in [2.45, 2.75) is 6.61 Å². The molecule has 0 aliphatic rings. The minimum Gasteiger partial charge on any atom is -0.489 e. The largest absolute Gasteiger partial charge is 0.489 e. The maximum atomic E-state index is 12.4. The summed E-state index contributed by atoms with van der Waals surface area (Å²) in [6.07, 6.45) is 1.36. The zero-order chi connectivity index (χ0) is 20.6. The van der Waals surface area contributed by atoms with E-state index >= 15 is 0 Å². The zero-order valence-corrected chi connectivity index (χ0v) is 16.2. The Balaban J connectivity index is 1.37. The number of carbonyl (C=O) groups is 1. The molecule has 148 valence electrons. The van der Waals surface area contributed by atoms with Gasteiger partial charge >= 0.3 is 0 Å². The molecule has 4 rings (SSSR count). The van der Waals surface area contributed by atoms with Crippen molar-refractivity contribution in [2.24, 2.45) is 0 Å². The van der Waals surface area contributed by atoms with E-state index in [-0.39, 0.29) is 11.6 Å². The number of nitrogens with one attached hydrogen (secondary N) is 2. The van der Waals surface area contributed by atoms with Crippen LogP contribution in [-0.2, 0) is 6.61 Å². The lowest BCUT2D eigenvalue weighted by molar-refractivity contribution is 0.102. The fraction of sp³-hybridized carbons (Fsp3) is 0.0417. The van der Waals surface area contributed by atoms with Crippen LogP contribution >= 0.6 is 0 Å². The summed E-state index contributed by atoms with van der Waals surface area (Å²) in [5.74, 6) is 1.01. The Kier molecular flexibility index (Phi) is 5.96. The highest BCUT2D eigenvalue weighted by molar-refractivity contribution is 6.03. The Morgan fingerprint density at radius 3 is 2.23 bits per heavy atom. The number of nitrogens with zero attached hydrogens (tertiary/aromatic N) is 2. The second kappa shape index (κ2) is 9.34. The molecule has 6 heteroatoms. The molecule has 0 radical (unpaired) electrons. The van der Waals surface area contributed by atoms with Crippen LogP contribution in [-0.4, -0.2) is 15.9 Å². The SMILES string of the molecule is O=C(Nc1ccccc1)c1cc(Nc2ccc(OCc3ccccc3)cc2)ncn1.